The molecule has 4 nitrogen and oxygen atoms in total. The number of carbonyl (C=O) groups is 1. The molecule has 1 rings (SSSR count). The van der Waals surface area contributed by atoms with Crippen molar-refractivity contribution in [2.45, 2.75) is 5.37 Å². The second kappa shape index (κ2) is 2.92. The molecule has 5 heteroatoms. The molecule has 0 radical (unpaired) electrons. The average Bonchev–Trinajstić information content (AvgIpc) is 2.36. The first-order valence-electron chi connectivity index (χ1n) is 2.88. The summed E-state index contributed by atoms with van der Waals surface area (Å²) in [5.74, 6) is -0.934. The molecule has 0 fully saturated rings. The summed E-state index contributed by atoms with van der Waals surface area (Å²) in [5, 5.41) is 7.72. The maximum absolute atomic E-state index is 10.3. The highest BCUT2D eigenvalue weighted by molar-refractivity contribution is 7.81. The molecule has 56 valence electrons. The van der Waals surface area contributed by atoms with Gasteiger partial charge in [-0.1, -0.05) is 0 Å². The van der Waals surface area contributed by atoms with Gasteiger partial charge in [0.2, 0.25) is 0 Å². The van der Waals surface area contributed by atoms with Crippen molar-refractivity contribution >= 4 is 24.9 Å². The van der Waals surface area contributed by atoms with Crippen LogP contribution in [0.3, 0.4) is 0 Å². The van der Waals surface area contributed by atoms with Gasteiger partial charge in [-0.2, -0.15) is 0 Å². The minimum Gasteiger partial charge on any atom is -0.479 e. The Balaban J connectivity index is 2.48. The number of hydrogen-bond acceptors (Lipinski definition) is 4. The maximum atomic E-state index is 10.3. The minimum atomic E-state index is -0.934. The molecule has 0 aromatic carbocycles. The van der Waals surface area contributed by atoms with Gasteiger partial charge >= 0.3 is 5.97 Å². The Morgan fingerprint density at radius 1 is 1.90 bits per heavy atom. The van der Waals surface area contributed by atoms with Crippen LogP contribution in [0.4, 0.5) is 0 Å². The SMILES string of the molecule is O=C(O)C(S)N1C=NCC1. The molecule has 10 heavy (non-hydrogen) atoms. The lowest BCUT2D eigenvalue weighted by molar-refractivity contribution is -0.138. The van der Waals surface area contributed by atoms with Crippen LogP contribution in [0.2, 0.25) is 0 Å². The van der Waals surface area contributed by atoms with Crippen LogP contribution in [0, 0.1) is 0 Å². The van der Waals surface area contributed by atoms with Crippen molar-refractivity contribution in [2.75, 3.05) is 13.1 Å². The van der Waals surface area contributed by atoms with Gasteiger partial charge in [-0.3, -0.25) is 4.99 Å². The molecule has 1 atom stereocenters. The van der Waals surface area contributed by atoms with Gasteiger partial charge in [0.15, 0.2) is 5.37 Å². The summed E-state index contributed by atoms with van der Waals surface area (Å²) < 4.78 is 0. The summed E-state index contributed by atoms with van der Waals surface area (Å²) in [5.41, 5.74) is 0. The van der Waals surface area contributed by atoms with Gasteiger partial charge < -0.3 is 10.0 Å². The Kier molecular flexibility index (Phi) is 2.16. The summed E-state index contributed by atoms with van der Waals surface area (Å²) in [6.07, 6.45) is 1.52. The fourth-order valence-corrected chi connectivity index (χ4v) is 0.896. The molecule has 0 amide bonds. The molecule has 1 heterocycles. The van der Waals surface area contributed by atoms with Crippen molar-refractivity contribution < 1.29 is 9.90 Å². The van der Waals surface area contributed by atoms with Crippen molar-refractivity contribution in [3.05, 3.63) is 0 Å². The molecule has 1 aliphatic heterocycles. The van der Waals surface area contributed by atoms with Crippen LogP contribution in [0.25, 0.3) is 0 Å². The normalized spacial score (nSPS) is 19.5. The maximum Gasteiger partial charge on any atom is 0.336 e. The van der Waals surface area contributed by atoms with E-state index in [1.165, 1.54) is 6.34 Å². The molecule has 0 aliphatic carbocycles. The predicted octanol–water partition coefficient (Wildman–Crippen LogP) is -0.329. The number of carboxylic acids is 1. The van der Waals surface area contributed by atoms with Crippen LogP contribution in [0.5, 0.6) is 0 Å². The van der Waals surface area contributed by atoms with Gasteiger partial charge in [-0.25, -0.2) is 4.79 Å². The number of thiol groups is 1. The number of hydrogen-bond donors (Lipinski definition) is 2. The van der Waals surface area contributed by atoms with Crippen molar-refractivity contribution in [1.29, 1.82) is 0 Å². The summed E-state index contributed by atoms with van der Waals surface area (Å²) in [6, 6.07) is 0. The van der Waals surface area contributed by atoms with Crippen molar-refractivity contribution in [1.82, 2.24) is 4.90 Å². The van der Waals surface area contributed by atoms with Crippen molar-refractivity contribution in [2.24, 2.45) is 4.99 Å². The number of nitrogens with zero attached hydrogens (tertiary/aromatic N) is 2. The smallest absolute Gasteiger partial charge is 0.336 e. The molecule has 1 aliphatic rings. The van der Waals surface area contributed by atoms with E-state index in [0.29, 0.717) is 13.1 Å². The highest BCUT2D eigenvalue weighted by Crippen LogP contribution is 2.04. The number of rotatable bonds is 2. The number of carboxylic acid groups (broad SMARTS) is 1. The third-order valence-corrected chi connectivity index (χ3v) is 1.77. The Morgan fingerprint density at radius 3 is 3.00 bits per heavy atom. The first kappa shape index (κ1) is 7.40. The second-order valence-corrected chi connectivity index (χ2v) is 2.46. The van der Waals surface area contributed by atoms with Crippen LogP contribution in [0.1, 0.15) is 0 Å². The second-order valence-electron chi connectivity index (χ2n) is 1.97. The van der Waals surface area contributed by atoms with E-state index in [9.17, 15) is 4.79 Å². The van der Waals surface area contributed by atoms with E-state index in [1.807, 2.05) is 0 Å². The van der Waals surface area contributed by atoms with Crippen LogP contribution in [-0.2, 0) is 4.79 Å². The van der Waals surface area contributed by atoms with Crippen LogP contribution >= 0.6 is 12.6 Å². The summed E-state index contributed by atoms with van der Waals surface area (Å²) in [7, 11) is 0. The van der Waals surface area contributed by atoms with Gasteiger partial charge in [-0.05, 0) is 0 Å². The lowest BCUT2D eigenvalue weighted by Crippen LogP contribution is -2.34. The molecule has 0 spiro atoms. The average molecular weight is 160 g/mol. The summed E-state index contributed by atoms with van der Waals surface area (Å²) in [6.45, 7) is 1.32. The zero-order valence-corrected chi connectivity index (χ0v) is 6.16. The fraction of sp³-hybridized carbons (Fsp3) is 0.600. The Labute approximate surface area is 64.0 Å². The molecule has 0 saturated heterocycles. The van der Waals surface area contributed by atoms with E-state index in [2.05, 4.69) is 17.6 Å². The number of aliphatic carboxylic acids is 1. The zero-order chi connectivity index (χ0) is 7.56. The van der Waals surface area contributed by atoms with Gasteiger partial charge in [0.1, 0.15) is 0 Å². The monoisotopic (exact) mass is 160 g/mol. The third kappa shape index (κ3) is 1.41. The standard InChI is InChI=1S/C5H8N2O2S/c8-5(9)4(10)7-2-1-6-3-7/h3-4,10H,1-2H2,(H,8,9). The Bertz CT molecular complexity index is 171. The van der Waals surface area contributed by atoms with E-state index in [0.717, 1.165) is 0 Å². The molecule has 0 aromatic heterocycles. The van der Waals surface area contributed by atoms with E-state index in [-0.39, 0.29) is 0 Å². The molecule has 0 aromatic rings. The Morgan fingerprint density at radius 2 is 2.60 bits per heavy atom. The summed E-state index contributed by atoms with van der Waals surface area (Å²) in [4.78, 5) is 15.7. The van der Waals surface area contributed by atoms with E-state index in [4.69, 9.17) is 5.11 Å². The van der Waals surface area contributed by atoms with E-state index in [1.54, 1.807) is 4.90 Å². The van der Waals surface area contributed by atoms with Gasteiger partial charge in [0.25, 0.3) is 0 Å². The lowest BCUT2D eigenvalue weighted by atomic mass is 10.5. The Hall–Kier alpha value is -0.710. The minimum absolute atomic E-state index is 0.653. The van der Waals surface area contributed by atoms with Crippen LogP contribution < -0.4 is 0 Å². The first-order valence-corrected chi connectivity index (χ1v) is 3.40. The van der Waals surface area contributed by atoms with Gasteiger partial charge in [-0.15, -0.1) is 12.6 Å². The van der Waals surface area contributed by atoms with E-state index >= 15 is 0 Å². The molecular formula is C5H8N2O2S. The molecular weight excluding hydrogens is 152 g/mol. The highest BCUT2D eigenvalue weighted by Gasteiger charge is 2.20. The van der Waals surface area contributed by atoms with Crippen molar-refractivity contribution in [3.63, 3.8) is 0 Å². The van der Waals surface area contributed by atoms with Crippen molar-refractivity contribution in [3.8, 4) is 0 Å². The topological polar surface area (TPSA) is 52.9 Å². The first-order chi connectivity index (χ1) is 4.72. The van der Waals surface area contributed by atoms with Gasteiger partial charge in [0, 0.05) is 6.54 Å². The van der Waals surface area contributed by atoms with E-state index < -0.39 is 11.3 Å². The highest BCUT2D eigenvalue weighted by atomic mass is 32.1. The largest absolute Gasteiger partial charge is 0.479 e. The van der Waals surface area contributed by atoms with Gasteiger partial charge in [0.05, 0.1) is 12.9 Å². The fourth-order valence-electron chi connectivity index (χ4n) is 0.721. The van der Waals surface area contributed by atoms with Crippen LogP contribution in [-0.4, -0.2) is 40.8 Å². The lowest BCUT2D eigenvalue weighted by Gasteiger charge is -2.16. The summed E-state index contributed by atoms with van der Waals surface area (Å²) >= 11 is 3.86. The number of aliphatic imine (C=N–C) groups is 1. The molecule has 0 saturated carbocycles. The molecule has 1 N–H and O–H groups in total. The molecule has 0 bridgehead atoms. The molecule has 1 unspecified atom stereocenters. The third-order valence-electron chi connectivity index (χ3n) is 1.25. The van der Waals surface area contributed by atoms with Crippen LogP contribution in [0.15, 0.2) is 4.99 Å². The zero-order valence-electron chi connectivity index (χ0n) is 5.27. The predicted molar refractivity (Wildman–Crippen MR) is 40.5 cm³/mol. The quantitative estimate of drug-likeness (QED) is 0.544.